The van der Waals surface area contributed by atoms with Crippen molar-refractivity contribution in [1.29, 1.82) is 0 Å². The summed E-state index contributed by atoms with van der Waals surface area (Å²) >= 11 is 0. The van der Waals surface area contributed by atoms with Crippen LogP contribution >= 0.6 is 0 Å². The number of hydrogen-bond acceptors (Lipinski definition) is 4. The van der Waals surface area contributed by atoms with Crippen LogP contribution in [-0.2, 0) is 12.7 Å². The molecule has 1 fully saturated rings. The summed E-state index contributed by atoms with van der Waals surface area (Å²) in [4.78, 5) is 6.78. The molecule has 1 aliphatic rings. The third-order valence-corrected chi connectivity index (χ3v) is 5.99. The van der Waals surface area contributed by atoms with Crippen molar-refractivity contribution in [3.05, 3.63) is 53.3 Å². The number of halogens is 3. The maximum Gasteiger partial charge on any atom is 0.416 e. The molecule has 8 heteroatoms. The van der Waals surface area contributed by atoms with Crippen LogP contribution in [0.25, 0.3) is 11.0 Å². The Morgan fingerprint density at radius 2 is 1.81 bits per heavy atom. The quantitative estimate of drug-likeness (QED) is 0.553. The maximum absolute atomic E-state index is 13.0. The van der Waals surface area contributed by atoms with Crippen molar-refractivity contribution < 1.29 is 22.6 Å². The van der Waals surface area contributed by atoms with Gasteiger partial charge in [0.25, 0.3) is 0 Å². The van der Waals surface area contributed by atoms with E-state index in [0.717, 1.165) is 67.3 Å². The first-order chi connectivity index (χ1) is 14.8. The molecule has 3 aromatic rings. The van der Waals surface area contributed by atoms with Crippen LogP contribution in [0, 0.1) is 6.92 Å². The lowest BCUT2D eigenvalue weighted by Crippen LogP contribution is -2.34. The lowest BCUT2D eigenvalue weighted by Gasteiger charge is -2.33. The summed E-state index contributed by atoms with van der Waals surface area (Å²) < 4.78 is 52.2. The highest BCUT2D eigenvalue weighted by molar-refractivity contribution is 5.77. The van der Waals surface area contributed by atoms with Crippen LogP contribution in [-0.4, -0.2) is 41.8 Å². The summed E-state index contributed by atoms with van der Waals surface area (Å²) in [6.45, 7) is 4.38. The van der Waals surface area contributed by atoms with Gasteiger partial charge in [-0.2, -0.15) is 13.2 Å². The Bertz CT molecular complexity index is 1070. The number of likely N-dealkylation sites (tertiary alicyclic amines) is 1. The minimum atomic E-state index is -4.36. The molecular weight excluding hydrogens is 407 g/mol. The van der Waals surface area contributed by atoms with Crippen molar-refractivity contribution in [2.75, 3.05) is 27.3 Å². The molecule has 0 unspecified atom stereocenters. The molecule has 4 rings (SSSR count). The van der Waals surface area contributed by atoms with Crippen molar-refractivity contribution in [2.45, 2.75) is 38.5 Å². The van der Waals surface area contributed by atoms with Gasteiger partial charge in [0.1, 0.15) is 5.82 Å². The van der Waals surface area contributed by atoms with Gasteiger partial charge in [-0.3, -0.25) is 4.90 Å². The molecule has 31 heavy (non-hydrogen) atoms. The first-order valence-corrected chi connectivity index (χ1v) is 10.3. The fraction of sp³-hybridized carbons (Fsp3) is 0.435. The van der Waals surface area contributed by atoms with Crippen LogP contribution in [0.15, 0.2) is 36.4 Å². The number of fused-ring (bicyclic) bond motifs is 1. The molecule has 2 aromatic carbocycles. The molecule has 0 radical (unpaired) electrons. The summed E-state index contributed by atoms with van der Waals surface area (Å²) in [5.41, 5.74) is 1.57. The lowest BCUT2D eigenvalue weighted by atomic mass is 10.0. The number of nitrogens with zero attached hydrogens (tertiary/aromatic N) is 3. The summed E-state index contributed by atoms with van der Waals surface area (Å²) in [5.74, 6) is 2.22. The van der Waals surface area contributed by atoms with Crippen molar-refractivity contribution in [2.24, 2.45) is 0 Å². The van der Waals surface area contributed by atoms with Gasteiger partial charge in [-0.1, -0.05) is 12.1 Å². The number of aryl methyl sites for hydroxylation is 1. The summed E-state index contributed by atoms with van der Waals surface area (Å²) in [6.07, 6.45) is -2.56. The molecule has 1 saturated heterocycles. The van der Waals surface area contributed by atoms with E-state index < -0.39 is 11.7 Å². The number of ether oxygens (including phenoxy) is 2. The van der Waals surface area contributed by atoms with Gasteiger partial charge < -0.3 is 14.0 Å². The second-order valence-electron chi connectivity index (χ2n) is 7.89. The highest BCUT2D eigenvalue weighted by Crippen LogP contribution is 2.35. The van der Waals surface area contributed by atoms with Crippen molar-refractivity contribution >= 4 is 11.0 Å². The van der Waals surface area contributed by atoms with E-state index >= 15 is 0 Å². The van der Waals surface area contributed by atoms with Crippen LogP contribution in [0.2, 0.25) is 0 Å². The first-order valence-electron chi connectivity index (χ1n) is 10.3. The minimum absolute atomic E-state index is 0.213. The largest absolute Gasteiger partial charge is 0.493 e. The van der Waals surface area contributed by atoms with E-state index in [2.05, 4.69) is 14.5 Å². The number of piperidine rings is 1. The molecule has 0 saturated carbocycles. The van der Waals surface area contributed by atoms with Gasteiger partial charge in [0.15, 0.2) is 11.5 Å². The Labute approximate surface area is 179 Å². The summed E-state index contributed by atoms with van der Waals surface area (Å²) in [5, 5.41) is 0. The molecule has 0 atom stereocenters. The van der Waals surface area contributed by atoms with Crippen LogP contribution in [0.5, 0.6) is 11.5 Å². The lowest BCUT2D eigenvalue weighted by molar-refractivity contribution is -0.137. The van der Waals surface area contributed by atoms with Gasteiger partial charge >= 0.3 is 6.18 Å². The van der Waals surface area contributed by atoms with E-state index in [4.69, 9.17) is 9.47 Å². The zero-order chi connectivity index (χ0) is 22.2. The van der Waals surface area contributed by atoms with Gasteiger partial charge in [0.2, 0.25) is 0 Å². The molecule has 0 N–H and O–H groups in total. The van der Waals surface area contributed by atoms with E-state index in [1.165, 1.54) is 0 Å². The predicted molar refractivity (Wildman–Crippen MR) is 113 cm³/mol. The van der Waals surface area contributed by atoms with Gasteiger partial charge in [-0.15, -0.1) is 0 Å². The van der Waals surface area contributed by atoms with E-state index in [-0.39, 0.29) is 6.04 Å². The molecule has 0 amide bonds. The summed E-state index contributed by atoms with van der Waals surface area (Å²) in [6, 6.07) is 9.92. The molecule has 2 heterocycles. The number of aromatic nitrogens is 2. The SMILES string of the molecule is COc1cccc(CN2CCC(n3c(C)nc4cc(C(F)(F)F)ccc43)CC2)c1OC. The number of benzene rings is 2. The second-order valence-corrected chi connectivity index (χ2v) is 7.89. The highest BCUT2D eigenvalue weighted by atomic mass is 19.4. The highest BCUT2D eigenvalue weighted by Gasteiger charge is 2.31. The molecular formula is C23H26F3N3O2. The minimum Gasteiger partial charge on any atom is -0.493 e. The fourth-order valence-electron chi connectivity index (χ4n) is 4.51. The van der Waals surface area contributed by atoms with Gasteiger partial charge in [-0.25, -0.2) is 4.98 Å². The molecule has 166 valence electrons. The number of hydrogen-bond donors (Lipinski definition) is 0. The zero-order valence-corrected chi connectivity index (χ0v) is 17.9. The van der Waals surface area contributed by atoms with E-state index in [1.54, 1.807) is 20.3 Å². The molecule has 1 aliphatic heterocycles. The van der Waals surface area contributed by atoms with Crippen LogP contribution in [0.4, 0.5) is 13.2 Å². The number of para-hydroxylation sites is 1. The topological polar surface area (TPSA) is 39.5 Å². The average Bonchev–Trinajstić information content (AvgIpc) is 3.08. The predicted octanol–water partition coefficient (Wildman–Crippen LogP) is 5.22. The number of imidazole rings is 1. The van der Waals surface area contributed by atoms with Crippen LogP contribution in [0.3, 0.4) is 0 Å². The second kappa shape index (κ2) is 8.42. The third kappa shape index (κ3) is 4.21. The van der Waals surface area contributed by atoms with Gasteiger partial charge in [0.05, 0.1) is 30.8 Å². The maximum atomic E-state index is 13.0. The Balaban J connectivity index is 1.49. The van der Waals surface area contributed by atoms with E-state index in [0.29, 0.717) is 11.3 Å². The molecule has 1 aromatic heterocycles. The molecule has 5 nitrogen and oxygen atoms in total. The molecule has 0 bridgehead atoms. The van der Waals surface area contributed by atoms with E-state index in [1.807, 2.05) is 25.1 Å². The number of alkyl halides is 3. The molecule has 0 spiro atoms. The zero-order valence-electron chi connectivity index (χ0n) is 17.9. The average molecular weight is 433 g/mol. The smallest absolute Gasteiger partial charge is 0.416 e. The summed E-state index contributed by atoms with van der Waals surface area (Å²) in [7, 11) is 3.27. The van der Waals surface area contributed by atoms with Gasteiger partial charge in [-0.05, 0) is 44.0 Å². The monoisotopic (exact) mass is 433 g/mol. The third-order valence-electron chi connectivity index (χ3n) is 5.99. The molecule has 0 aliphatic carbocycles. The fourth-order valence-corrected chi connectivity index (χ4v) is 4.51. The van der Waals surface area contributed by atoms with E-state index in [9.17, 15) is 13.2 Å². The number of rotatable bonds is 5. The van der Waals surface area contributed by atoms with Crippen molar-refractivity contribution in [3.8, 4) is 11.5 Å². The Morgan fingerprint density at radius 3 is 2.45 bits per heavy atom. The Morgan fingerprint density at radius 1 is 1.06 bits per heavy atom. The van der Waals surface area contributed by atoms with Crippen molar-refractivity contribution in [1.82, 2.24) is 14.5 Å². The first kappa shape index (κ1) is 21.5. The number of methoxy groups -OCH3 is 2. The standard InChI is InChI=1S/C23H26F3N3O2/c1-15-27-19-13-17(23(24,25)26)7-8-20(19)29(15)18-9-11-28(12-10-18)14-16-5-4-6-21(30-2)22(16)31-3/h4-8,13,18H,9-12,14H2,1-3H3. The Kier molecular flexibility index (Phi) is 5.83. The van der Waals surface area contributed by atoms with Crippen LogP contribution < -0.4 is 9.47 Å². The normalized spacial score (nSPS) is 16.1. The van der Waals surface area contributed by atoms with Gasteiger partial charge in [0, 0.05) is 31.2 Å². The van der Waals surface area contributed by atoms with Crippen LogP contribution in [0.1, 0.15) is 35.8 Å². The Hall–Kier alpha value is -2.74. The van der Waals surface area contributed by atoms with Crippen molar-refractivity contribution in [3.63, 3.8) is 0 Å².